The minimum Gasteiger partial charge on any atom is -0.365 e. The molecule has 0 aliphatic carbocycles. The molecule has 3 aromatic heterocycles. The minimum atomic E-state index is -0.347. The second-order valence-corrected chi connectivity index (χ2v) is 9.58. The Balaban J connectivity index is 1.61. The van der Waals surface area contributed by atoms with Gasteiger partial charge in [-0.15, -0.1) is 0 Å². The fourth-order valence-electron chi connectivity index (χ4n) is 4.10. The van der Waals surface area contributed by atoms with Gasteiger partial charge in [-0.25, -0.2) is 18.7 Å². The van der Waals surface area contributed by atoms with Crippen molar-refractivity contribution in [3.63, 3.8) is 0 Å². The van der Waals surface area contributed by atoms with E-state index in [9.17, 15) is 14.0 Å². The first-order chi connectivity index (χ1) is 16.5. The first-order valence-electron chi connectivity index (χ1n) is 10.6. The van der Waals surface area contributed by atoms with Crippen LogP contribution in [-0.4, -0.2) is 47.6 Å². The summed E-state index contributed by atoms with van der Waals surface area (Å²) in [6.07, 6.45) is 1.80. The van der Waals surface area contributed by atoms with E-state index in [1.807, 2.05) is 21.2 Å². The maximum Gasteiger partial charge on any atom is 0.192 e. The van der Waals surface area contributed by atoms with Gasteiger partial charge in [0.25, 0.3) is 0 Å². The zero-order valence-corrected chi connectivity index (χ0v) is 21.2. The van der Waals surface area contributed by atoms with Gasteiger partial charge in [0.15, 0.2) is 10.9 Å². The van der Waals surface area contributed by atoms with Crippen molar-refractivity contribution in [1.29, 1.82) is 5.26 Å². The summed E-state index contributed by atoms with van der Waals surface area (Å²) in [5.41, 5.74) is 3.01. The van der Waals surface area contributed by atoms with Crippen LogP contribution in [0.2, 0.25) is 0 Å². The molecule has 0 unspecified atom stereocenters. The molecule has 34 heavy (non-hydrogen) atoms. The normalized spacial score (nSPS) is 13.9. The second-order valence-electron chi connectivity index (χ2n) is 7.84. The number of aromatic nitrogens is 3. The molecule has 4 heterocycles. The number of benzene rings is 1. The van der Waals surface area contributed by atoms with Gasteiger partial charge in [0.05, 0.1) is 11.4 Å². The number of nitrogens with one attached hydrogen (secondary N) is 1. The van der Waals surface area contributed by atoms with Gasteiger partial charge in [-0.1, -0.05) is 33.9 Å². The summed E-state index contributed by atoms with van der Waals surface area (Å²) in [5.74, 6) is 0.123. The molecule has 5 rings (SSSR count). The van der Waals surface area contributed by atoms with E-state index in [-0.39, 0.29) is 11.6 Å². The molecule has 1 aliphatic rings. The lowest BCUT2D eigenvalue weighted by Crippen LogP contribution is -2.44. The summed E-state index contributed by atoms with van der Waals surface area (Å²) in [4.78, 5) is 13.7. The van der Waals surface area contributed by atoms with Crippen LogP contribution in [0.3, 0.4) is 0 Å². The minimum absolute atomic E-state index is 0.298. The van der Waals surface area contributed by atoms with Gasteiger partial charge in [0.1, 0.15) is 33.9 Å². The Morgan fingerprint density at radius 3 is 2.62 bits per heavy atom. The fourth-order valence-corrected chi connectivity index (χ4v) is 5.46. The van der Waals surface area contributed by atoms with Crippen molar-refractivity contribution >= 4 is 56.2 Å². The van der Waals surface area contributed by atoms with Crippen LogP contribution in [0.1, 0.15) is 10.6 Å². The van der Waals surface area contributed by atoms with E-state index in [0.717, 1.165) is 37.7 Å². The zero-order chi connectivity index (χ0) is 23.8. The van der Waals surface area contributed by atoms with E-state index in [1.165, 1.54) is 29.5 Å². The lowest BCUT2D eigenvalue weighted by Gasteiger charge is -2.30. The van der Waals surface area contributed by atoms with Crippen LogP contribution in [0.25, 0.3) is 16.9 Å². The van der Waals surface area contributed by atoms with Crippen LogP contribution in [0.4, 0.5) is 25.4 Å². The van der Waals surface area contributed by atoms with Crippen LogP contribution in [-0.2, 0) is 4.43 Å². The predicted octanol–water partition coefficient (Wildman–Crippen LogP) is 4.72. The molecule has 1 fully saturated rings. The molecule has 1 aliphatic heterocycles. The van der Waals surface area contributed by atoms with Crippen molar-refractivity contribution in [2.24, 2.45) is 0 Å². The highest BCUT2D eigenvalue weighted by atomic mass is 127. The third kappa shape index (κ3) is 4.10. The fraction of sp³-hybridized carbons (Fsp3) is 0.261. The molecule has 4 aromatic rings. The van der Waals surface area contributed by atoms with E-state index >= 15 is 0 Å². The highest BCUT2D eigenvalue weighted by molar-refractivity contribution is 14.1. The van der Waals surface area contributed by atoms with Crippen molar-refractivity contribution in [2.75, 3.05) is 43.0 Å². The average Bonchev–Trinajstić information content (AvgIpc) is 3.45. The molecule has 0 saturated carbocycles. The maximum atomic E-state index is 15.0. The highest BCUT2D eigenvalue weighted by Gasteiger charge is 2.24. The number of nitriles is 1. The van der Waals surface area contributed by atoms with E-state index in [2.05, 4.69) is 39.0 Å². The quantitative estimate of drug-likeness (QED) is 0.268. The molecule has 0 spiro atoms. The molecule has 0 atom stereocenters. The van der Waals surface area contributed by atoms with Crippen molar-refractivity contribution in [1.82, 2.24) is 19.7 Å². The number of piperazine rings is 1. The van der Waals surface area contributed by atoms with Crippen LogP contribution >= 0.6 is 33.9 Å². The van der Waals surface area contributed by atoms with Crippen molar-refractivity contribution in [2.45, 2.75) is 4.43 Å². The van der Waals surface area contributed by atoms with Crippen molar-refractivity contribution in [3.8, 4) is 17.3 Å². The lowest BCUT2D eigenvalue weighted by atomic mass is 10.1. The summed E-state index contributed by atoms with van der Waals surface area (Å²) in [6.45, 7) is 3.05. The molecule has 0 radical (unpaired) electrons. The van der Waals surface area contributed by atoms with Crippen molar-refractivity contribution in [3.05, 3.63) is 58.7 Å². The Morgan fingerprint density at radius 1 is 1.21 bits per heavy atom. The Morgan fingerprint density at radius 2 is 1.94 bits per heavy atom. The Bertz CT molecular complexity index is 1390. The van der Waals surface area contributed by atoms with Gasteiger partial charge in [0, 0.05) is 55.5 Å². The van der Waals surface area contributed by atoms with Gasteiger partial charge >= 0.3 is 0 Å². The molecule has 7 nitrogen and oxygen atoms in total. The molecule has 0 amide bonds. The zero-order valence-electron chi connectivity index (χ0n) is 18.2. The van der Waals surface area contributed by atoms with Crippen LogP contribution in [0.5, 0.6) is 0 Å². The first-order valence-corrected chi connectivity index (χ1v) is 13.0. The third-order valence-corrected chi connectivity index (χ3v) is 7.52. The first kappa shape index (κ1) is 22.9. The number of halogens is 3. The number of hydrogen-bond donors (Lipinski definition) is 1. The van der Waals surface area contributed by atoms with E-state index in [1.54, 1.807) is 18.3 Å². The van der Waals surface area contributed by atoms with E-state index in [0.29, 0.717) is 37.0 Å². The van der Waals surface area contributed by atoms with Crippen LogP contribution in [0, 0.1) is 23.0 Å². The molecular formula is C23H20F2IN7S. The number of hydrogen-bond acceptors (Lipinski definition) is 7. The number of pyridine rings is 1. The number of anilines is 3. The summed E-state index contributed by atoms with van der Waals surface area (Å²) >= 11 is 3.49. The molecule has 11 heteroatoms. The monoisotopic (exact) mass is 591 g/mol. The molecule has 1 saturated heterocycles. The Hall–Kier alpha value is -2.82. The number of imidazole rings is 1. The molecular weight excluding hydrogens is 571 g/mol. The molecule has 1 N–H and O–H groups in total. The van der Waals surface area contributed by atoms with Crippen molar-refractivity contribution < 1.29 is 8.78 Å². The summed E-state index contributed by atoms with van der Waals surface area (Å²) < 4.78 is 30.9. The summed E-state index contributed by atoms with van der Waals surface area (Å²) in [6, 6.07) is 9.60. The summed E-state index contributed by atoms with van der Waals surface area (Å²) in [7, 11) is 1.86. The second kappa shape index (κ2) is 9.44. The number of nitrogens with zero attached hydrogens (tertiary/aromatic N) is 6. The number of fused-ring (bicyclic) bond motifs is 1. The van der Waals surface area contributed by atoms with E-state index in [4.69, 9.17) is 4.98 Å². The number of rotatable bonds is 5. The third-order valence-electron chi connectivity index (χ3n) is 5.76. The Labute approximate surface area is 212 Å². The Kier molecular flexibility index (Phi) is 6.37. The number of alkyl halides is 1. The van der Waals surface area contributed by atoms with Gasteiger partial charge < -0.3 is 15.1 Å². The highest BCUT2D eigenvalue weighted by Crippen LogP contribution is 2.38. The SMILES string of the molecule is CN(c1nc(-c2ccc(F)cc2)c(C#N)s1)c1c(CI)nc2cc(F)c(N3CCNCC3)cn12. The van der Waals surface area contributed by atoms with Crippen LogP contribution < -0.4 is 15.1 Å². The topological polar surface area (TPSA) is 72.5 Å². The average molecular weight is 591 g/mol. The summed E-state index contributed by atoms with van der Waals surface area (Å²) in [5, 5.41) is 13.6. The van der Waals surface area contributed by atoms with Gasteiger partial charge in [0.2, 0.25) is 0 Å². The molecule has 1 aromatic carbocycles. The van der Waals surface area contributed by atoms with Gasteiger partial charge in [-0.3, -0.25) is 4.40 Å². The standard InChI is InChI=1S/C23H20F2IN7S/c1-31(23-30-21(19(12-27)34-23)14-2-4-15(24)5-3-14)22-17(11-26)29-20-10-16(25)18(13-33(20)22)32-8-6-28-7-9-32/h2-5,10,13,28H,6-9,11H2,1H3. The van der Waals surface area contributed by atoms with Crippen LogP contribution in [0.15, 0.2) is 36.5 Å². The molecule has 0 bridgehead atoms. The smallest absolute Gasteiger partial charge is 0.192 e. The van der Waals surface area contributed by atoms with Gasteiger partial charge in [-0.2, -0.15) is 5.26 Å². The van der Waals surface area contributed by atoms with Gasteiger partial charge in [-0.05, 0) is 24.3 Å². The van der Waals surface area contributed by atoms with E-state index < -0.39 is 0 Å². The lowest BCUT2D eigenvalue weighted by molar-refractivity contribution is 0.565. The molecule has 174 valence electrons. The number of thiazole rings is 1. The largest absolute Gasteiger partial charge is 0.365 e. The predicted molar refractivity (Wildman–Crippen MR) is 138 cm³/mol. The maximum absolute atomic E-state index is 15.0.